The number of amides is 1. The van der Waals surface area contributed by atoms with Crippen LogP contribution < -0.4 is 19.1 Å². The van der Waals surface area contributed by atoms with Gasteiger partial charge in [0.2, 0.25) is 10.9 Å². The van der Waals surface area contributed by atoms with Crippen molar-refractivity contribution in [1.29, 1.82) is 0 Å². The fraction of sp³-hybridized carbons (Fsp3) is 0.219. The Hall–Kier alpha value is -4.59. The number of thioether (sulfide) groups is 1. The first-order valence-corrected chi connectivity index (χ1v) is 16.1. The van der Waals surface area contributed by atoms with Crippen molar-refractivity contribution in [3.05, 3.63) is 93.4 Å². The molecule has 1 N–H and O–H groups in total. The van der Waals surface area contributed by atoms with Gasteiger partial charge in [-0.2, -0.15) is 0 Å². The molecule has 46 heavy (non-hydrogen) atoms. The molecule has 6 rings (SSSR count). The zero-order valence-corrected chi connectivity index (χ0v) is 27.8. The first kappa shape index (κ1) is 31.4. The SMILES string of the molecule is COc1cc(C2/C(=C(\O)c3nc4c(C)cccn4c3C)C(=O)C(=O)N2c2nnc(SCc3ccc(Cl)cc3)s2)cc(OC)c1OC. The number of pyridine rings is 1. The van der Waals surface area contributed by atoms with Gasteiger partial charge >= 0.3 is 5.91 Å². The Bertz CT molecular complexity index is 2000. The molecular weight excluding hydrogens is 650 g/mol. The molecule has 1 aliphatic rings. The molecule has 0 radical (unpaired) electrons. The molecule has 11 nitrogen and oxygen atoms in total. The highest BCUT2D eigenvalue weighted by atomic mass is 35.5. The van der Waals surface area contributed by atoms with E-state index in [0.717, 1.165) is 22.5 Å². The fourth-order valence-electron chi connectivity index (χ4n) is 5.36. The lowest BCUT2D eigenvalue weighted by atomic mass is 9.95. The van der Waals surface area contributed by atoms with Crippen LogP contribution in [-0.2, 0) is 15.3 Å². The van der Waals surface area contributed by atoms with Crippen LogP contribution >= 0.6 is 34.7 Å². The summed E-state index contributed by atoms with van der Waals surface area (Å²) < 4.78 is 19.1. The maximum atomic E-state index is 13.9. The fourth-order valence-corrected chi connectivity index (χ4v) is 7.31. The summed E-state index contributed by atoms with van der Waals surface area (Å²) in [4.78, 5) is 33.6. The van der Waals surface area contributed by atoms with E-state index < -0.39 is 23.5 Å². The molecule has 5 aromatic rings. The normalized spacial score (nSPS) is 16.0. The van der Waals surface area contributed by atoms with Crippen LogP contribution in [0.5, 0.6) is 17.2 Å². The Kier molecular flexibility index (Phi) is 8.64. The minimum absolute atomic E-state index is 0.158. The summed E-state index contributed by atoms with van der Waals surface area (Å²) in [7, 11) is 4.41. The molecule has 236 valence electrons. The summed E-state index contributed by atoms with van der Waals surface area (Å²) in [5, 5.41) is 21.3. The van der Waals surface area contributed by atoms with Crippen LogP contribution in [0.4, 0.5) is 5.13 Å². The highest BCUT2D eigenvalue weighted by molar-refractivity contribution is 8.00. The van der Waals surface area contributed by atoms with Gasteiger partial charge in [-0.25, -0.2) is 4.98 Å². The topological polar surface area (TPSA) is 128 Å². The number of hydrogen-bond acceptors (Lipinski definition) is 11. The van der Waals surface area contributed by atoms with Crippen molar-refractivity contribution in [3.8, 4) is 17.2 Å². The van der Waals surface area contributed by atoms with Crippen LogP contribution in [0.3, 0.4) is 0 Å². The summed E-state index contributed by atoms with van der Waals surface area (Å²) in [5.74, 6) is -0.653. The second-order valence-electron chi connectivity index (χ2n) is 10.3. The molecule has 14 heteroatoms. The summed E-state index contributed by atoms with van der Waals surface area (Å²) in [6.07, 6.45) is 1.82. The number of aryl methyl sites for hydroxylation is 2. The average molecular weight is 678 g/mol. The molecule has 1 atom stereocenters. The molecule has 3 aromatic heterocycles. The minimum Gasteiger partial charge on any atom is -0.505 e. The highest BCUT2D eigenvalue weighted by Crippen LogP contribution is 2.48. The number of Topliss-reactive ketones (excluding diaryl/α,β-unsaturated/α-hetero) is 1. The van der Waals surface area contributed by atoms with Gasteiger partial charge in [-0.1, -0.05) is 52.9 Å². The quantitative estimate of drug-likeness (QED) is 0.0615. The van der Waals surface area contributed by atoms with E-state index in [1.165, 1.54) is 38.0 Å². The molecule has 1 aliphatic heterocycles. The number of fused-ring (bicyclic) bond motifs is 1. The number of hydrogen-bond donors (Lipinski definition) is 1. The van der Waals surface area contributed by atoms with E-state index in [4.69, 9.17) is 25.8 Å². The maximum absolute atomic E-state index is 13.9. The van der Waals surface area contributed by atoms with Gasteiger partial charge in [-0.15, -0.1) is 10.2 Å². The van der Waals surface area contributed by atoms with Crippen molar-refractivity contribution in [2.45, 2.75) is 30.0 Å². The number of ketones is 1. The van der Waals surface area contributed by atoms with Gasteiger partial charge < -0.3 is 23.7 Å². The summed E-state index contributed by atoms with van der Waals surface area (Å²) in [6, 6.07) is 13.4. The van der Waals surface area contributed by atoms with E-state index in [2.05, 4.69) is 15.2 Å². The van der Waals surface area contributed by atoms with Crippen molar-refractivity contribution in [2.75, 3.05) is 26.2 Å². The van der Waals surface area contributed by atoms with Gasteiger partial charge in [0.25, 0.3) is 5.78 Å². The first-order chi connectivity index (χ1) is 22.2. The third-order valence-electron chi connectivity index (χ3n) is 7.63. The Morgan fingerprint density at radius 2 is 1.72 bits per heavy atom. The van der Waals surface area contributed by atoms with E-state index in [1.807, 2.05) is 53.9 Å². The minimum atomic E-state index is -1.12. The number of nitrogens with zero attached hydrogens (tertiary/aromatic N) is 5. The number of anilines is 1. The van der Waals surface area contributed by atoms with Crippen LogP contribution in [0.25, 0.3) is 11.4 Å². The summed E-state index contributed by atoms with van der Waals surface area (Å²) in [6.45, 7) is 3.69. The van der Waals surface area contributed by atoms with Crippen molar-refractivity contribution >= 4 is 62.9 Å². The number of carbonyl (C=O) groups excluding carboxylic acids is 2. The molecule has 1 fully saturated rings. The zero-order valence-electron chi connectivity index (χ0n) is 25.4. The molecule has 0 bridgehead atoms. The number of carbonyl (C=O) groups is 2. The Morgan fingerprint density at radius 3 is 2.35 bits per heavy atom. The van der Waals surface area contributed by atoms with Crippen molar-refractivity contribution < 1.29 is 28.9 Å². The van der Waals surface area contributed by atoms with Crippen LogP contribution in [0, 0.1) is 13.8 Å². The smallest absolute Gasteiger partial charge is 0.301 e. The third-order valence-corrected chi connectivity index (χ3v) is 10.0. The standard InChI is InChI=1S/C32H28ClN5O6S2/c1-16-7-6-12-37-17(2)24(34-29(16)37)26(39)23-25(19-13-21(42-3)28(44-5)22(14-19)43-4)38(30(41)27(23)40)31-35-36-32(46-31)45-15-18-8-10-20(33)11-9-18/h6-14,25,39H,15H2,1-5H3/b26-23+. The number of methoxy groups -OCH3 is 3. The number of aliphatic hydroxyl groups excluding tert-OH is 1. The van der Waals surface area contributed by atoms with Gasteiger partial charge in [0.15, 0.2) is 21.6 Å². The second kappa shape index (κ2) is 12.7. The number of benzene rings is 2. The van der Waals surface area contributed by atoms with E-state index in [1.54, 1.807) is 19.1 Å². The summed E-state index contributed by atoms with van der Waals surface area (Å²) in [5.41, 5.74) is 3.56. The van der Waals surface area contributed by atoms with Crippen molar-refractivity contribution in [2.24, 2.45) is 0 Å². The maximum Gasteiger partial charge on any atom is 0.301 e. The molecule has 2 aromatic carbocycles. The molecule has 1 unspecified atom stereocenters. The van der Waals surface area contributed by atoms with E-state index in [9.17, 15) is 14.7 Å². The number of rotatable bonds is 9. The van der Waals surface area contributed by atoms with Crippen LogP contribution in [-0.4, -0.2) is 57.7 Å². The molecular formula is C32H28ClN5O6S2. The van der Waals surface area contributed by atoms with Gasteiger partial charge in [0.05, 0.1) is 38.6 Å². The number of aliphatic hydroxyl groups is 1. The second-order valence-corrected chi connectivity index (χ2v) is 12.9. The number of imidazole rings is 1. The molecule has 1 saturated heterocycles. The predicted octanol–water partition coefficient (Wildman–Crippen LogP) is 6.40. The zero-order chi connectivity index (χ0) is 32.7. The van der Waals surface area contributed by atoms with Crippen molar-refractivity contribution in [1.82, 2.24) is 19.6 Å². The Balaban J connectivity index is 1.50. The number of halogens is 1. The predicted molar refractivity (Wildman–Crippen MR) is 176 cm³/mol. The number of aromatic nitrogens is 4. The lowest BCUT2D eigenvalue weighted by Gasteiger charge is -2.24. The Labute approximate surface area is 277 Å². The van der Waals surface area contributed by atoms with Gasteiger partial charge in [-0.3, -0.25) is 14.5 Å². The average Bonchev–Trinajstić information content (AvgIpc) is 3.74. The third kappa shape index (κ3) is 5.44. The lowest BCUT2D eigenvalue weighted by Crippen LogP contribution is -2.29. The first-order valence-electron chi connectivity index (χ1n) is 13.9. The largest absolute Gasteiger partial charge is 0.505 e. The van der Waals surface area contributed by atoms with Gasteiger partial charge in [-0.05, 0) is 60.9 Å². The molecule has 0 spiro atoms. The molecule has 0 saturated carbocycles. The Morgan fingerprint density at radius 1 is 1.02 bits per heavy atom. The van der Waals surface area contributed by atoms with Gasteiger partial charge in [0.1, 0.15) is 11.3 Å². The lowest BCUT2D eigenvalue weighted by molar-refractivity contribution is -0.132. The van der Waals surface area contributed by atoms with E-state index >= 15 is 0 Å². The molecule has 1 amide bonds. The van der Waals surface area contributed by atoms with Gasteiger partial charge in [0, 0.05) is 17.0 Å². The van der Waals surface area contributed by atoms with Crippen LogP contribution in [0.1, 0.15) is 34.1 Å². The van der Waals surface area contributed by atoms with E-state index in [0.29, 0.717) is 49.3 Å². The van der Waals surface area contributed by atoms with Crippen molar-refractivity contribution in [3.63, 3.8) is 0 Å². The molecule has 4 heterocycles. The highest BCUT2D eigenvalue weighted by Gasteiger charge is 2.49. The van der Waals surface area contributed by atoms with Crippen LogP contribution in [0.15, 0.2) is 64.6 Å². The number of ether oxygens (including phenoxy) is 3. The van der Waals surface area contributed by atoms with E-state index in [-0.39, 0.29) is 16.4 Å². The summed E-state index contributed by atoms with van der Waals surface area (Å²) >= 11 is 8.61. The monoisotopic (exact) mass is 677 g/mol. The molecule has 0 aliphatic carbocycles. The van der Waals surface area contributed by atoms with Crippen LogP contribution in [0.2, 0.25) is 5.02 Å².